The van der Waals surface area contributed by atoms with Gasteiger partial charge in [-0.2, -0.15) is 0 Å². The van der Waals surface area contributed by atoms with E-state index in [0.29, 0.717) is 24.3 Å². The molecular formula is C26H31FN4O. The SMILES string of the molecule is N=C/C(=C\N)c1ccc2c(c1)CCN2CC1CCN(C(=O)CCc2ccccc2F)CC1. The van der Waals surface area contributed by atoms with Crippen LogP contribution in [-0.2, 0) is 17.6 Å². The summed E-state index contributed by atoms with van der Waals surface area (Å²) in [6.45, 7) is 3.58. The Morgan fingerprint density at radius 1 is 1.16 bits per heavy atom. The van der Waals surface area contributed by atoms with Crippen LogP contribution in [0, 0.1) is 17.1 Å². The van der Waals surface area contributed by atoms with Gasteiger partial charge in [0.05, 0.1) is 0 Å². The Bertz CT molecular complexity index is 1010. The number of benzene rings is 2. The van der Waals surface area contributed by atoms with Crippen LogP contribution >= 0.6 is 0 Å². The smallest absolute Gasteiger partial charge is 0.222 e. The third-order valence-electron chi connectivity index (χ3n) is 6.75. The van der Waals surface area contributed by atoms with Crippen LogP contribution < -0.4 is 10.6 Å². The van der Waals surface area contributed by atoms with E-state index in [1.165, 1.54) is 29.7 Å². The van der Waals surface area contributed by atoms with Crippen molar-refractivity contribution < 1.29 is 9.18 Å². The lowest BCUT2D eigenvalue weighted by Crippen LogP contribution is -2.41. The summed E-state index contributed by atoms with van der Waals surface area (Å²) in [6, 6.07) is 13.0. The fourth-order valence-corrected chi connectivity index (χ4v) is 4.84. The number of fused-ring (bicyclic) bond motifs is 1. The predicted octanol–water partition coefficient (Wildman–Crippen LogP) is 4.01. The van der Waals surface area contributed by atoms with Crippen molar-refractivity contribution >= 4 is 23.4 Å². The van der Waals surface area contributed by atoms with Gasteiger partial charge in [-0.1, -0.05) is 24.3 Å². The third-order valence-corrected chi connectivity index (χ3v) is 6.75. The molecule has 3 N–H and O–H groups in total. The van der Waals surface area contributed by atoms with E-state index in [0.717, 1.165) is 56.6 Å². The summed E-state index contributed by atoms with van der Waals surface area (Å²) in [4.78, 5) is 17.0. The van der Waals surface area contributed by atoms with Crippen molar-refractivity contribution in [2.75, 3.05) is 31.1 Å². The van der Waals surface area contributed by atoms with Gasteiger partial charge < -0.3 is 20.9 Å². The maximum Gasteiger partial charge on any atom is 0.222 e. The maximum atomic E-state index is 13.8. The number of carbonyl (C=O) groups is 1. The number of rotatable bonds is 7. The predicted molar refractivity (Wildman–Crippen MR) is 127 cm³/mol. The highest BCUT2D eigenvalue weighted by Crippen LogP contribution is 2.32. The van der Waals surface area contributed by atoms with Gasteiger partial charge >= 0.3 is 0 Å². The number of halogens is 1. The van der Waals surface area contributed by atoms with Gasteiger partial charge in [0.25, 0.3) is 0 Å². The van der Waals surface area contributed by atoms with Crippen molar-refractivity contribution in [1.82, 2.24) is 4.90 Å². The summed E-state index contributed by atoms with van der Waals surface area (Å²) in [7, 11) is 0. The average Bonchev–Trinajstić information content (AvgIpc) is 3.21. The van der Waals surface area contributed by atoms with Crippen LogP contribution in [0.1, 0.15) is 36.0 Å². The zero-order valence-corrected chi connectivity index (χ0v) is 18.4. The standard InChI is InChI=1S/C26H31FN4O/c27-24-4-2-1-3-20(24)6-8-26(32)30-12-9-19(10-13-30)18-31-14-11-22-15-21(5-7-25(22)31)23(16-28)17-29/h1-5,7,15-17,19,28H,6,8-14,18,29H2/b23-17+,28-16?. The topological polar surface area (TPSA) is 73.4 Å². The Morgan fingerprint density at radius 2 is 1.94 bits per heavy atom. The third kappa shape index (κ3) is 4.85. The Balaban J connectivity index is 1.27. The second-order valence-corrected chi connectivity index (χ2v) is 8.72. The van der Waals surface area contributed by atoms with Crippen LogP contribution in [0.4, 0.5) is 10.1 Å². The number of nitrogens with one attached hydrogen (secondary N) is 1. The van der Waals surface area contributed by atoms with E-state index in [-0.39, 0.29) is 11.7 Å². The molecule has 0 spiro atoms. The summed E-state index contributed by atoms with van der Waals surface area (Å²) in [5, 5.41) is 7.50. The molecule has 0 bridgehead atoms. The lowest BCUT2D eigenvalue weighted by molar-refractivity contribution is -0.132. The quantitative estimate of drug-likeness (QED) is 0.647. The fourth-order valence-electron chi connectivity index (χ4n) is 4.84. The average molecular weight is 435 g/mol. The molecule has 1 saturated heterocycles. The first-order chi connectivity index (χ1) is 15.6. The Kier molecular flexibility index (Phi) is 6.88. The molecule has 4 rings (SSSR count). The molecule has 2 heterocycles. The number of aryl methyl sites for hydroxylation is 1. The normalized spacial score (nSPS) is 16.8. The van der Waals surface area contributed by atoms with Crippen molar-refractivity contribution in [3.63, 3.8) is 0 Å². The number of nitrogens with zero attached hydrogens (tertiary/aromatic N) is 2. The van der Waals surface area contributed by atoms with Gasteiger partial charge in [-0.05, 0) is 66.5 Å². The van der Waals surface area contributed by atoms with Gasteiger partial charge in [-0.15, -0.1) is 0 Å². The highest BCUT2D eigenvalue weighted by molar-refractivity contribution is 6.08. The molecule has 2 aromatic rings. The van der Waals surface area contributed by atoms with Crippen molar-refractivity contribution in [3.05, 3.63) is 71.2 Å². The molecule has 2 aliphatic heterocycles. The summed E-state index contributed by atoms with van der Waals surface area (Å²) >= 11 is 0. The summed E-state index contributed by atoms with van der Waals surface area (Å²) in [5.74, 6) is 0.461. The van der Waals surface area contributed by atoms with Gasteiger partial charge in [0.2, 0.25) is 5.91 Å². The van der Waals surface area contributed by atoms with Crippen LogP contribution in [0.15, 0.2) is 48.7 Å². The number of hydrogen-bond acceptors (Lipinski definition) is 4. The van der Waals surface area contributed by atoms with E-state index >= 15 is 0 Å². The second kappa shape index (κ2) is 9.98. The van der Waals surface area contributed by atoms with Crippen molar-refractivity contribution in [3.8, 4) is 0 Å². The van der Waals surface area contributed by atoms with Crippen molar-refractivity contribution in [2.24, 2.45) is 11.7 Å². The molecular weight excluding hydrogens is 403 g/mol. The van der Waals surface area contributed by atoms with Gasteiger partial charge in [0, 0.05) is 56.3 Å². The number of anilines is 1. The van der Waals surface area contributed by atoms with Crippen LogP contribution in [0.3, 0.4) is 0 Å². The van der Waals surface area contributed by atoms with Crippen LogP contribution in [0.25, 0.3) is 5.57 Å². The summed E-state index contributed by atoms with van der Waals surface area (Å²) in [6.07, 6.45) is 6.60. The first kappa shape index (κ1) is 22.1. The maximum absolute atomic E-state index is 13.8. The number of carbonyl (C=O) groups excluding carboxylic acids is 1. The highest BCUT2D eigenvalue weighted by atomic mass is 19.1. The van der Waals surface area contributed by atoms with Crippen LogP contribution in [0.2, 0.25) is 0 Å². The van der Waals surface area contributed by atoms with Gasteiger partial charge in [0.15, 0.2) is 0 Å². The van der Waals surface area contributed by atoms with E-state index in [2.05, 4.69) is 17.0 Å². The minimum atomic E-state index is -0.231. The molecule has 0 radical (unpaired) electrons. The first-order valence-corrected chi connectivity index (χ1v) is 11.4. The number of hydrogen-bond donors (Lipinski definition) is 2. The van der Waals surface area contributed by atoms with Crippen LogP contribution in [0.5, 0.6) is 0 Å². The zero-order valence-electron chi connectivity index (χ0n) is 18.4. The Labute approximate surface area is 189 Å². The van der Waals surface area contributed by atoms with Gasteiger partial charge in [-0.25, -0.2) is 4.39 Å². The van der Waals surface area contributed by atoms with Gasteiger partial charge in [0.1, 0.15) is 5.82 Å². The van der Waals surface area contributed by atoms with E-state index in [9.17, 15) is 9.18 Å². The summed E-state index contributed by atoms with van der Waals surface area (Å²) in [5.41, 5.74) is 10.6. The number of piperidine rings is 1. The fraction of sp³-hybridized carbons (Fsp3) is 0.385. The second-order valence-electron chi connectivity index (χ2n) is 8.72. The Hall–Kier alpha value is -3.15. The van der Waals surface area contributed by atoms with E-state index in [1.54, 1.807) is 12.1 Å². The molecule has 0 unspecified atom stereocenters. The minimum Gasteiger partial charge on any atom is -0.404 e. The van der Waals surface area contributed by atoms with Crippen LogP contribution in [-0.4, -0.2) is 43.2 Å². The molecule has 1 amide bonds. The lowest BCUT2D eigenvalue weighted by Gasteiger charge is -2.34. The number of allylic oxidation sites excluding steroid dienone is 1. The van der Waals surface area contributed by atoms with E-state index in [1.807, 2.05) is 17.0 Å². The molecule has 0 saturated carbocycles. The molecule has 168 valence electrons. The lowest BCUT2D eigenvalue weighted by atomic mass is 9.95. The molecule has 6 heteroatoms. The number of likely N-dealkylation sites (tertiary alicyclic amines) is 1. The van der Waals surface area contributed by atoms with E-state index < -0.39 is 0 Å². The minimum absolute atomic E-state index is 0.126. The number of amides is 1. The first-order valence-electron chi connectivity index (χ1n) is 11.4. The molecule has 1 fully saturated rings. The zero-order chi connectivity index (χ0) is 22.5. The molecule has 32 heavy (non-hydrogen) atoms. The van der Waals surface area contributed by atoms with Gasteiger partial charge in [-0.3, -0.25) is 4.79 Å². The monoisotopic (exact) mass is 434 g/mol. The van der Waals surface area contributed by atoms with Crippen molar-refractivity contribution in [2.45, 2.75) is 32.1 Å². The summed E-state index contributed by atoms with van der Waals surface area (Å²) < 4.78 is 13.8. The Morgan fingerprint density at radius 3 is 2.66 bits per heavy atom. The highest BCUT2D eigenvalue weighted by Gasteiger charge is 2.27. The molecule has 5 nitrogen and oxygen atoms in total. The van der Waals surface area contributed by atoms with Crippen molar-refractivity contribution in [1.29, 1.82) is 5.41 Å². The molecule has 0 aliphatic carbocycles. The molecule has 2 aromatic carbocycles. The molecule has 0 atom stereocenters. The molecule has 0 aromatic heterocycles. The van der Waals surface area contributed by atoms with E-state index in [4.69, 9.17) is 11.1 Å². The number of nitrogens with two attached hydrogens (primary N) is 1. The largest absolute Gasteiger partial charge is 0.404 e. The molecule has 2 aliphatic rings.